The van der Waals surface area contributed by atoms with Crippen molar-refractivity contribution < 1.29 is 38.5 Å². The maximum absolute atomic E-state index is 12.8. The van der Waals surface area contributed by atoms with E-state index in [1.807, 2.05) is 30.3 Å². The number of amides is 3. The number of nitrogens with one attached hydrogen (secondary N) is 3. The van der Waals surface area contributed by atoms with Crippen molar-refractivity contribution in [3.8, 4) is 11.1 Å². The molecule has 232 valence electrons. The van der Waals surface area contributed by atoms with Crippen molar-refractivity contribution in [2.24, 2.45) is 0 Å². The highest BCUT2D eigenvalue weighted by atomic mass is 16.6. The molecule has 0 unspecified atom stereocenters. The lowest BCUT2D eigenvalue weighted by Gasteiger charge is -2.28. The van der Waals surface area contributed by atoms with E-state index in [0.717, 1.165) is 33.6 Å². The van der Waals surface area contributed by atoms with Gasteiger partial charge in [-0.1, -0.05) is 42.5 Å². The molecule has 0 aliphatic heterocycles. The number of hydrogen-bond donors (Lipinski definition) is 4. The Kier molecular flexibility index (Phi) is 10.4. The molecule has 3 rings (SSSR count). The van der Waals surface area contributed by atoms with Crippen LogP contribution in [0.1, 0.15) is 71.1 Å². The molecule has 0 saturated heterocycles. The van der Waals surface area contributed by atoms with E-state index < -0.39 is 47.5 Å². The number of fused-ring (bicyclic) bond motifs is 3. The van der Waals surface area contributed by atoms with Gasteiger partial charge in [0.15, 0.2) is 0 Å². The second kappa shape index (κ2) is 13.6. The van der Waals surface area contributed by atoms with Gasteiger partial charge in [0.25, 0.3) is 0 Å². The molecule has 12 nitrogen and oxygen atoms in total. The number of guanidine groups is 1. The summed E-state index contributed by atoms with van der Waals surface area (Å²) in [4.78, 5) is 50.3. The van der Waals surface area contributed by atoms with Crippen LogP contribution in [0.5, 0.6) is 0 Å². The summed E-state index contributed by atoms with van der Waals surface area (Å²) in [5.41, 5.74) is 3.59. The molecule has 0 radical (unpaired) electrons. The lowest BCUT2D eigenvalue weighted by Crippen LogP contribution is -2.50. The fourth-order valence-electron chi connectivity index (χ4n) is 4.48. The molecule has 2 aromatic rings. The van der Waals surface area contributed by atoms with Gasteiger partial charge in [-0.3, -0.25) is 10.7 Å². The van der Waals surface area contributed by atoms with Crippen molar-refractivity contribution in [3.05, 3.63) is 59.2 Å². The summed E-state index contributed by atoms with van der Waals surface area (Å²) in [7, 11) is 0. The number of carboxylic acid groups (broad SMARTS) is 1. The van der Waals surface area contributed by atoms with Crippen LogP contribution >= 0.6 is 0 Å². The predicted molar refractivity (Wildman–Crippen MR) is 159 cm³/mol. The highest BCUT2D eigenvalue weighted by molar-refractivity contribution is 5.99. The van der Waals surface area contributed by atoms with Crippen LogP contribution in [-0.2, 0) is 32.0 Å². The van der Waals surface area contributed by atoms with Crippen LogP contribution in [-0.4, -0.2) is 64.0 Å². The SMILES string of the molecule is CC(C)(C)OC(=O)NC(=N)N(CCC[C@H](NC(=O)OCc1cccc2c1Cc1ccccc1-2)C(=O)O)C(=O)OC(C)(C)C. The molecule has 0 aromatic heterocycles. The second-order valence-electron chi connectivity index (χ2n) is 12.1. The van der Waals surface area contributed by atoms with Crippen LogP contribution in [0.4, 0.5) is 14.4 Å². The average Bonchev–Trinajstić information content (AvgIpc) is 3.26. The van der Waals surface area contributed by atoms with Crippen LogP contribution in [0.3, 0.4) is 0 Å². The first-order chi connectivity index (χ1) is 20.0. The summed E-state index contributed by atoms with van der Waals surface area (Å²) in [5.74, 6) is -1.89. The van der Waals surface area contributed by atoms with Crippen molar-refractivity contribution >= 4 is 30.2 Å². The molecule has 12 heteroatoms. The summed E-state index contributed by atoms with van der Waals surface area (Å²) < 4.78 is 15.9. The Balaban J connectivity index is 1.58. The van der Waals surface area contributed by atoms with Crippen LogP contribution in [0.25, 0.3) is 11.1 Å². The van der Waals surface area contributed by atoms with Crippen molar-refractivity contribution in [1.29, 1.82) is 5.41 Å². The smallest absolute Gasteiger partial charge is 0.417 e. The summed E-state index contributed by atoms with van der Waals surface area (Å²) >= 11 is 0. The van der Waals surface area contributed by atoms with E-state index in [0.29, 0.717) is 0 Å². The van der Waals surface area contributed by atoms with Gasteiger partial charge in [0.1, 0.15) is 23.9 Å². The zero-order chi connectivity index (χ0) is 31.9. The molecule has 3 amide bonds. The van der Waals surface area contributed by atoms with Gasteiger partial charge in [-0.2, -0.15) is 0 Å². The molecule has 0 spiro atoms. The van der Waals surface area contributed by atoms with Gasteiger partial charge in [-0.15, -0.1) is 0 Å². The highest BCUT2D eigenvalue weighted by Gasteiger charge is 2.29. The Hall–Kier alpha value is -4.61. The van der Waals surface area contributed by atoms with Crippen molar-refractivity contribution in [1.82, 2.24) is 15.5 Å². The van der Waals surface area contributed by atoms with Crippen molar-refractivity contribution in [3.63, 3.8) is 0 Å². The van der Waals surface area contributed by atoms with Gasteiger partial charge >= 0.3 is 24.2 Å². The van der Waals surface area contributed by atoms with Gasteiger partial charge in [-0.05, 0) is 88.6 Å². The summed E-state index contributed by atoms with van der Waals surface area (Å²) in [6.45, 7) is 9.67. The lowest BCUT2D eigenvalue weighted by molar-refractivity contribution is -0.139. The van der Waals surface area contributed by atoms with E-state index >= 15 is 0 Å². The number of carboxylic acids is 1. The number of rotatable bonds is 8. The Morgan fingerprint density at radius 1 is 0.930 bits per heavy atom. The van der Waals surface area contributed by atoms with E-state index in [-0.39, 0.29) is 26.0 Å². The molecular weight excluding hydrogens is 556 g/mol. The summed E-state index contributed by atoms with van der Waals surface area (Å²) in [6, 6.07) is 12.5. The Bertz CT molecular complexity index is 1380. The van der Waals surface area contributed by atoms with Crippen LogP contribution in [0.2, 0.25) is 0 Å². The van der Waals surface area contributed by atoms with Gasteiger partial charge in [0.2, 0.25) is 5.96 Å². The van der Waals surface area contributed by atoms with Crippen LogP contribution < -0.4 is 10.6 Å². The average molecular weight is 597 g/mol. The van der Waals surface area contributed by atoms with Crippen LogP contribution in [0, 0.1) is 5.41 Å². The minimum absolute atomic E-state index is 0.0325. The molecule has 1 aliphatic rings. The lowest BCUT2D eigenvalue weighted by atomic mass is 10.0. The fourth-order valence-corrected chi connectivity index (χ4v) is 4.48. The fraction of sp³-hybridized carbons (Fsp3) is 0.452. The third kappa shape index (κ3) is 9.73. The second-order valence-corrected chi connectivity index (χ2v) is 12.1. The number of aliphatic carboxylic acids is 1. The van der Waals surface area contributed by atoms with E-state index in [4.69, 9.17) is 19.6 Å². The minimum atomic E-state index is -1.33. The zero-order valence-corrected chi connectivity index (χ0v) is 25.4. The van der Waals surface area contributed by atoms with E-state index in [9.17, 15) is 24.3 Å². The maximum atomic E-state index is 12.8. The van der Waals surface area contributed by atoms with E-state index in [1.54, 1.807) is 41.5 Å². The standard InChI is InChI=1S/C31H40N4O8/c1-30(2,3)42-28(39)34-26(32)35(29(40)43-31(4,5)6)16-10-15-24(25(36)37)33-27(38)41-18-20-12-9-14-22-21-13-8-7-11-19(21)17-23(20)22/h7-9,11-14,24H,10,15-18H2,1-6H3,(H,33,38)(H,36,37)(H2,32,34,39)/t24-/m0/s1. The number of benzene rings is 2. The van der Waals surface area contributed by atoms with Gasteiger partial charge in [-0.25, -0.2) is 24.1 Å². The first-order valence-corrected chi connectivity index (χ1v) is 14.0. The number of carbonyl (C=O) groups is 4. The van der Waals surface area contributed by atoms with Crippen molar-refractivity contribution in [2.75, 3.05) is 6.54 Å². The molecule has 2 aromatic carbocycles. The van der Waals surface area contributed by atoms with E-state index in [2.05, 4.69) is 22.8 Å². The molecule has 0 bridgehead atoms. The Morgan fingerprint density at radius 3 is 2.23 bits per heavy atom. The first kappa shape index (κ1) is 32.9. The molecular formula is C31H40N4O8. The Labute approximate surface area is 251 Å². The van der Waals surface area contributed by atoms with Gasteiger partial charge < -0.3 is 24.6 Å². The highest BCUT2D eigenvalue weighted by Crippen LogP contribution is 2.38. The topological polar surface area (TPSA) is 167 Å². The molecule has 0 fully saturated rings. The van der Waals surface area contributed by atoms with E-state index in [1.165, 1.54) is 5.56 Å². The quantitative estimate of drug-likeness (QED) is 0.152. The Morgan fingerprint density at radius 2 is 1.58 bits per heavy atom. The minimum Gasteiger partial charge on any atom is -0.480 e. The summed E-state index contributed by atoms with van der Waals surface area (Å²) in [6.07, 6.45) is -2.09. The molecule has 1 aliphatic carbocycles. The zero-order valence-electron chi connectivity index (χ0n) is 25.4. The number of alkyl carbamates (subject to hydrolysis) is 2. The first-order valence-electron chi connectivity index (χ1n) is 14.0. The maximum Gasteiger partial charge on any atom is 0.417 e. The number of carbonyl (C=O) groups excluding carboxylic acids is 3. The monoisotopic (exact) mass is 596 g/mol. The molecule has 4 N–H and O–H groups in total. The molecule has 43 heavy (non-hydrogen) atoms. The molecule has 0 heterocycles. The normalized spacial score (nSPS) is 12.7. The van der Waals surface area contributed by atoms with Gasteiger partial charge in [0.05, 0.1) is 0 Å². The predicted octanol–water partition coefficient (Wildman–Crippen LogP) is 5.41. The molecule has 1 atom stereocenters. The third-order valence-electron chi connectivity index (χ3n) is 6.27. The molecule has 0 saturated carbocycles. The van der Waals surface area contributed by atoms with Crippen molar-refractivity contribution in [2.45, 2.75) is 84.7 Å². The number of ether oxygens (including phenoxy) is 3. The van der Waals surface area contributed by atoms with Gasteiger partial charge in [0, 0.05) is 6.54 Å². The number of hydrogen-bond acceptors (Lipinski definition) is 8. The largest absolute Gasteiger partial charge is 0.480 e. The number of nitrogens with zero attached hydrogens (tertiary/aromatic N) is 1. The third-order valence-corrected chi connectivity index (χ3v) is 6.27. The van der Waals surface area contributed by atoms with Crippen LogP contribution in [0.15, 0.2) is 42.5 Å². The summed E-state index contributed by atoms with van der Waals surface area (Å²) in [5, 5.41) is 22.5.